The minimum Gasteiger partial charge on any atom is -0.494 e. The van der Waals surface area contributed by atoms with Crippen molar-refractivity contribution < 1.29 is 14.3 Å². The van der Waals surface area contributed by atoms with Gasteiger partial charge in [-0.1, -0.05) is 19.1 Å². The number of hydrogen-bond donors (Lipinski definition) is 2. The topological polar surface area (TPSA) is 73.6 Å². The quantitative estimate of drug-likeness (QED) is 0.835. The van der Waals surface area contributed by atoms with Gasteiger partial charge in [-0.15, -0.1) is 0 Å². The first-order valence-corrected chi connectivity index (χ1v) is 7.51. The van der Waals surface area contributed by atoms with Gasteiger partial charge in [0.1, 0.15) is 5.75 Å². The highest BCUT2D eigenvalue weighted by molar-refractivity contribution is 5.86. The molecule has 1 aliphatic rings. The summed E-state index contributed by atoms with van der Waals surface area (Å²) in [6.07, 6.45) is 2.13. The van der Waals surface area contributed by atoms with Crippen LogP contribution in [-0.2, 0) is 16.1 Å². The third kappa shape index (κ3) is 4.44. The Balaban J connectivity index is 1.83. The van der Waals surface area contributed by atoms with Crippen LogP contribution in [0.3, 0.4) is 0 Å². The number of hydrogen-bond acceptors (Lipinski definition) is 4. The lowest BCUT2D eigenvalue weighted by molar-refractivity contribution is -0.129. The molecule has 1 aromatic rings. The van der Waals surface area contributed by atoms with E-state index in [4.69, 9.17) is 15.2 Å². The van der Waals surface area contributed by atoms with Crippen molar-refractivity contribution in [1.29, 1.82) is 0 Å². The second-order valence-electron chi connectivity index (χ2n) is 5.44. The normalized spacial score (nSPS) is 17.2. The first-order chi connectivity index (χ1) is 10.1. The van der Waals surface area contributed by atoms with Crippen LogP contribution in [0.2, 0.25) is 0 Å². The number of carbonyl (C=O) groups excluding carboxylic acids is 1. The van der Waals surface area contributed by atoms with Crippen molar-refractivity contribution in [3.8, 4) is 5.75 Å². The highest BCUT2D eigenvalue weighted by Gasteiger charge is 2.35. The lowest BCUT2D eigenvalue weighted by atomic mass is 9.90. The van der Waals surface area contributed by atoms with Crippen molar-refractivity contribution in [3.05, 3.63) is 29.8 Å². The maximum Gasteiger partial charge on any atom is 0.240 e. The van der Waals surface area contributed by atoms with Crippen LogP contribution < -0.4 is 15.8 Å². The van der Waals surface area contributed by atoms with Crippen LogP contribution in [0, 0.1) is 0 Å². The summed E-state index contributed by atoms with van der Waals surface area (Å²) in [6.45, 7) is 4.37. The average molecular weight is 292 g/mol. The molecule has 0 unspecified atom stereocenters. The maximum atomic E-state index is 12.2. The van der Waals surface area contributed by atoms with Crippen LogP contribution in [0.5, 0.6) is 5.75 Å². The average Bonchev–Trinajstić information content (AvgIpc) is 2.52. The van der Waals surface area contributed by atoms with Gasteiger partial charge in [0.15, 0.2) is 0 Å². The van der Waals surface area contributed by atoms with Crippen LogP contribution >= 0.6 is 0 Å². The lowest BCUT2D eigenvalue weighted by Gasteiger charge is -2.31. The van der Waals surface area contributed by atoms with Crippen molar-refractivity contribution in [2.45, 2.75) is 38.3 Å². The number of ether oxygens (including phenoxy) is 2. The van der Waals surface area contributed by atoms with Gasteiger partial charge in [-0.25, -0.2) is 0 Å². The van der Waals surface area contributed by atoms with E-state index in [9.17, 15) is 4.79 Å². The van der Waals surface area contributed by atoms with E-state index in [2.05, 4.69) is 12.2 Å². The smallest absolute Gasteiger partial charge is 0.240 e. The molecule has 0 spiro atoms. The van der Waals surface area contributed by atoms with E-state index < -0.39 is 5.54 Å². The summed E-state index contributed by atoms with van der Waals surface area (Å²) < 4.78 is 10.8. The van der Waals surface area contributed by atoms with Crippen molar-refractivity contribution in [1.82, 2.24) is 5.32 Å². The molecule has 116 valence electrons. The molecule has 0 atom stereocenters. The minimum atomic E-state index is -0.789. The fraction of sp³-hybridized carbons (Fsp3) is 0.562. The Morgan fingerprint density at radius 1 is 1.33 bits per heavy atom. The fourth-order valence-electron chi connectivity index (χ4n) is 2.24. The molecule has 0 radical (unpaired) electrons. The molecule has 0 aromatic heterocycles. The van der Waals surface area contributed by atoms with E-state index in [1.54, 1.807) is 0 Å². The minimum absolute atomic E-state index is 0.0999. The first kappa shape index (κ1) is 15.8. The highest BCUT2D eigenvalue weighted by atomic mass is 16.5. The SMILES string of the molecule is CCCOc1ccc(CNC(=O)C2(N)CCOCC2)cc1. The predicted molar refractivity (Wildman–Crippen MR) is 81.0 cm³/mol. The Morgan fingerprint density at radius 2 is 2.00 bits per heavy atom. The molecule has 3 N–H and O–H groups in total. The van der Waals surface area contributed by atoms with Gasteiger partial charge in [0.05, 0.1) is 12.1 Å². The molecule has 1 heterocycles. The molecule has 0 saturated carbocycles. The number of nitrogens with one attached hydrogen (secondary N) is 1. The molecule has 0 aliphatic carbocycles. The molecular formula is C16H24N2O3. The van der Waals surface area contributed by atoms with E-state index in [0.29, 0.717) is 39.2 Å². The number of benzene rings is 1. The van der Waals surface area contributed by atoms with Gasteiger partial charge in [-0.2, -0.15) is 0 Å². The third-order valence-electron chi connectivity index (χ3n) is 3.69. The van der Waals surface area contributed by atoms with Crippen LogP contribution in [-0.4, -0.2) is 31.3 Å². The number of amides is 1. The van der Waals surface area contributed by atoms with E-state index in [-0.39, 0.29) is 5.91 Å². The molecule has 1 saturated heterocycles. The van der Waals surface area contributed by atoms with Crippen LogP contribution in [0.15, 0.2) is 24.3 Å². The lowest BCUT2D eigenvalue weighted by Crippen LogP contribution is -2.56. The van der Waals surface area contributed by atoms with Gasteiger partial charge >= 0.3 is 0 Å². The molecule has 21 heavy (non-hydrogen) atoms. The van der Waals surface area contributed by atoms with Crippen LogP contribution in [0.25, 0.3) is 0 Å². The monoisotopic (exact) mass is 292 g/mol. The van der Waals surface area contributed by atoms with Gasteiger partial charge in [-0.05, 0) is 37.0 Å². The standard InChI is InChI=1S/C16H24N2O3/c1-2-9-21-14-5-3-13(4-6-14)12-18-15(19)16(17)7-10-20-11-8-16/h3-6H,2,7-12,17H2,1H3,(H,18,19). The van der Waals surface area contributed by atoms with E-state index >= 15 is 0 Å². The Kier molecular flexibility index (Phi) is 5.59. The molecule has 5 nitrogen and oxygen atoms in total. The van der Waals surface area contributed by atoms with Gasteiger partial charge in [0.25, 0.3) is 0 Å². The molecular weight excluding hydrogens is 268 g/mol. The Labute approximate surface area is 125 Å². The number of rotatable bonds is 6. The molecule has 0 bridgehead atoms. The van der Waals surface area contributed by atoms with Gasteiger partial charge in [0, 0.05) is 19.8 Å². The van der Waals surface area contributed by atoms with Crippen molar-refractivity contribution in [2.24, 2.45) is 5.73 Å². The van der Waals surface area contributed by atoms with Gasteiger partial charge in [0.2, 0.25) is 5.91 Å². The predicted octanol–water partition coefficient (Wildman–Crippen LogP) is 1.60. The van der Waals surface area contributed by atoms with Crippen LogP contribution in [0.1, 0.15) is 31.7 Å². The Hall–Kier alpha value is -1.59. The maximum absolute atomic E-state index is 12.2. The summed E-state index contributed by atoms with van der Waals surface area (Å²) >= 11 is 0. The Bertz CT molecular complexity index is 453. The molecule has 1 fully saturated rings. The van der Waals surface area contributed by atoms with Gasteiger partial charge in [-0.3, -0.25) is 4.79 Å². The molecule has 5 heteroatoms. The summed E-state index contributed by atoms with van der Waals surface area (Å²) in [5.74, 6) is 0.753. The summed E-state index contributed by atoms with van der Waals surface area (Å²) in [6, 6.07) is 7.75. The van der Waals surface area contributed by atoms with Crippen LogP contribution in [0.4, 0.5) is 0 Å². The first-order valence-electron chi connectivity index (χ1n) is 7.51. The Morgan fingerprint density at radius 3 is 2.62 bits per heavy atom. The zero-order valence-electron chi connectivity index (χ0n) is 12.6. The largest absolute Gasteiger partial charge is 0.494 e. The summed E-state index contributed by atoms with van der Waals surface area (Å²) in [5.41, 5.74) is 6.37. The summed E-state index contributed by atoms with van der Waals surface area (Å²) in [5, 5.41) is 2.91. The molecule has 1 amide bonds. The molecule has 1 aromatic carbocycles. The van der Waals surface area contributed by atoms with E-state index in [0.717, 1.165) is 17.7 Å². The zero-order chi connectivity index (χ0) is 15.1. The van der Waals surface area contributed by atoms with Crippen molar-refractivity contribution in [3.63, 3.8) is 0 Å². The third-order valence-corrected chi connectivity index (χ3v) is 3.69. The summed E-state index contributed by atoms with van der Waals surface area (Å²) in [4.78, 5) is 12.2. The van der Waals surface area contributed by atoms with E-state index in [1.807, 2.05) is 24.3 Å². The van der Waals surface area contributed by atoms with Crippen molar-refractivity contribution in [2.75, 3.05) is 19.8 Å². The molecule has 1 aliphatic heterocycles. The second-order valence-corrected chi connectivity index (χ2v) is 5.44. The molecule has 2 rings (SSSR count). The van der Waals surface area contributed by atoms with Gasteiger partial charge < -0.3 is 20.5 Å². The number of nitrogens with two attached hydrogens (primary N) is 1. The fourth-order valence-corrected chi connectivity index (χ4v) is 2.24. The van der Waals surface area contributed by atoms with E-state index in [1.165, 1.54) is 0 Å². The van der Waals surface area contributed by atoms with Crippen molar-refractivity contribution >= 4 is 5.91 Å². The number of carbonyl (C=O) groups is 1. The zero-order valence-corrected chi connectivity index (χ0v) is 12.6. The second kappa shape index (κ2) is 7.43. The summed E-state index contributed by atoms with van der Waals surface area (Å²) in [7, 11) is 0. The highest BCUT2D eigenvalue weighted by Crippen LogP contribution is 2.18.